The molecular weight excluding hydrogens is 330 g/mol. The summed E-state index contributed by atoms with van der Waals surface area (Å²) in [6, 6.07) is 14.1. The minimum absolute atomic E-state index is 0.0143. The number of amides is 1. The average molecular weight is 344 g/mol. The van der Waals surface area contributed by atoms with Gasteiger partial charge in [-0.15, -0.1) is 0 Å². The number of ether oxygens (including phenoxy) is 1. The molecule has 0 bridgehead atoms. The molecule has 1 heterocycles. The largest absolute Gasteiger partial charge is 0.497 e. The van der Waals surface area contributed by atoms with Gasteiger partial charge in [0, 0.05) is 16.3 Å². The number of nitrogens with one attached hydrogen (secondary N) is 1. The molecule has 0 radical (unpaired) electrons. The number of benzene rings is 2. The topological polar surface area (TPSA) is 77.2 Å². The van der Waals surface area contributed by atoms with Gasteiger partial charge >= 0.3 is 0 Å². The Morgan fingerprint density at radius 2 is 2.04 bits per heavy atom. The van der Waals surface area contributed by atoms with Crippen LogP contribution < -0.4 is 10.1 Å². The van der Waals surface area contributed by atoms with Crippen molar-refractivity contribution in [1.29, 1.82) is 0 Å². The number of aromatic nitrogens is 2. The molecule has 1 amide bonds. The maximum Gasteiger partial charge on any atom is 0.236 e. The molecule has 0 spiro atoms. The summed E-state index contributed by atoms with van der Waals surface area (Å²) in [6.45, 7) is 0. The number of anilines is 1. The van der Waals surface area contributed by atoms with Crippen LogP contribution in [0.2, 0.25) is 5.02 Å². The van der Waals surface area contributed by atoms with Crippen LogP contribution in [0.1, 0.15) is 5.89 Å². The summed E-state index contributed by atoms with van der Waals surface area (Å²) < 4.78 is 10.2. The van der Waals surface area contributed by atoms with Gasteiger partial charge in [0.25, 0.3) is 0 Å². The molecule has 0 fully saturated rings. The van der Waals surface area contributed by atoms with Crippen LogP contribution in [-0.4, -0.2) is 23.2 Å². The summed E-state index contributed by atoms with van der Waals surface area (Å²) in [5.74, 6) is 1.10. The highest BCUT2D eigenvalue weighted by molar-refractivity contribution is 6.30. The van der Waals surface area contributed by atoms with E-state index in [4.69, 9.17) is 20.9 Å². The Hall–Kier alpha value is -2.86. The number of rotatable bonds is 5. The highest BCUT2D eigenvalue weighted by atomic mass is 35.5. The van der Waals surface area contributed by atoms with Crippen LogP contribution in [0.5, 0.6) is 5.75 Å². The van der Waals surface area contributed by atoms with Crippen LogP contribution >= 0.6 is 11.6 Å². The fourth-order valence-corrected chi connectivity index (χ4v) is 2.28. The first kappa shape index (κ1) is 16.0. The van der Waals surface area contributed by atoms with E-state index in [0.29, 0.717) is 16.5 Å². The van der Waals surface area contributed by atoms with Gasteiger partial charge < -0.3 is 14.6 Å². The zero-order valence-corrected chi connectivity index (χ0v) is 13.6. The highest BCUT2D eigenvalue weighted by Crippen LogP contribution is 2.20. The molecule has 1 N–H and O–H groups in total. The van der Waals surface area contributed by atoms with E-state index in [1.807, 2.05) is 6.07 Å². The number of hydrogen-bond acceptors (Lipinski definition) is 5. The third-order valence-electron chi connectivity index (χ3n) is 3.24. The summed E-state index contributed by atoms with van der Waals surface area (Å²) in [5, 5.41) is 7.21. The quantitative estimate of drug-likeness (QED) is 0.766. The Morgan fingerprint density at radius 3 is 2.75 bits per heavy atom. The van der Waals surface area contributed by atoms with Crippen LogP contribution in [0.15, 0.2) is 53.1 Å². The van der Waals surface area contributed by atoms with E-state index < -0.39 is 0 Å². The molecular formula is C17H14ClN3O3. The fourth-order valence-electron chi connectivity index (χ4n) is 2.09. The van der Waals surface area contributed by atoms with Gasteiger partial charge in [0.15, 0.2) is 0 Å². The summed E-state index contributed by atoms with van der Waals surface area (Å²) in [4.78, 5) is 16.3. The molecule has 2 aromatic carbocycles. The first-order chi connectivity index (χ1) is 11.6. The molecule has 6 nitrogen and oxygen atoms in total. The van der Waals surface area contributed by atoms with Gasteiger partial charge in [-0.3, -0.25) is 4.79 Å². The molecule has 0 aliphatic rings. The van der Waals surface area contributed by atoms with Crippen molar-refractivity contribution < 1.29 is 14.1 Å². The first-order valence-electron chi connectivity index (χ1n) is 7.16. The van der Waals surface area contributed by atoms with Crippen LogP contribution in [0, 0.1) is 0 Å². The lowest BCUT2D eigenvalue weighted by atomic mass is 10.2. The number of nitrogens with zero attached hydrogens (tertiary/aromatic N) is 2. The van der Waals surface area contributed by atoms with Gasteiger partial charge in [-0.05, 0) is 36.4 Å². The molecule has 0 aliphatic heterocycles. The second-order valence-electron chi connectivity index (χ2n) is 4.98. The van der Waals surface area contributed by atoms with Gasteiger partial charge in [0.1, 0.15) is 12.2 Å². The van der Waals surface area contributed by atoms with Crippen LogP contribution in [0.4, 0.5) is 5.69 Å². The Bertz CT molecular complexity index is 846. The number of carbonyl (C=O) groups excluding carboxylic acids is 1. The van der Waals surface area contributed by atoms with Crippen molar-refractivity contribution in [3.05, 3.63) is 59.4 Å². The maximum atomic E-state index is 12.0. The second-order valence-corrected chi connectivity index (χ2v) is 5.41. The van der Waals surface area contributed by atoms with Crippen molar-refractivity contribution in [1.82, 2.24) is 10.1 Å². The lowest BCUT2D eigenvalue weighted by Crippen LogP contribution is -2.14. The first-order valence-corrected chi connectivity index (χ1v) is 7.54. The smallest absolute Gasteiger partial charge is 0.236 e. The van der Waals surface area contributed by atoms with Gasteiger partial charge in [0.05, 0.1) is 7.11 Å². The molecule has 0 atom stereocenters. The van der Waals surface area contributed by atoms with Crippen LogP contribution in [0.25, 0.3) is 11.4 Å². The van der Waals surface area contributed by atoms with E-state index in [-0.39, 0.29) is 18.2 Å². The van der Waals surface area contributed by atoms with Crippen molar-refractivity contribution in [2.75, 3.05) is 12.4 Å². The van der Waals surface area contributed by atoms with Gasteiger partial charge in [-0.25, -0.2) is 0 Å². The molecule has 0 saturated heterocycles. The minimum atomic E-state index is -0.249. The molecule has 24 heavy (non-hydrogen) atoms. The van der Waals surface area contributed by atoms with Crippen molar-refractivity contribution in [2.24, 2.45) is 0 Å². The van der Waals surface area contributed by atoms with Gasteiger partial charge in [0.2, 0.25) is 17.6 Å². The van der Waals surface area contributed by atoms with E-state index in [1.165, 1.54) is 0 Å². The third kappa shape index (κ3) is 3.91. The Morgan fingerprint density at radius 1 is 1.25 bits per heavy atom. The maximum absolute atomic E-state index is 12.0. The Labute approximate surface area is 143 Å². The fraction of sp³-hybridized carbons (Fsp3) is 0.118. The van der Waals surface area contributed by atoms with Crippen LogP contribution in [0.3, 0.4) is 0 Å². The number of carbonyl (C=O) groups is 1. The molecule has 3 aromatic rings. The lowest BCUT2D eigenvalue weighted by molar-refractivity contribution is -0.115. The van der Waals surface area contributed by atoms with Crippen molar-refractivity contribution >= 4 is 23.2 Å². The molecule has 0 saturated carbocycles. The zero-order valence-electron chi connectivity index (χ0n) is 12.8. The summed E-state index contributed by atoms with van der Waals surface area (Å²) in [7, 11) is 1.58. The monoisotopic (exact) mass is 343 g/mol. The van der Waals surface area contributed by atoms with E-state index >= 15 is 0 Å². The SMILES string of the molecule is COc1ccc(NC(=O)Cc2nc(-c3cccc(Cl)c3)no2)cc1. The molecule has 3 rings (SSSR count). The molecule has 1 aromatic heterocycles. The van der Waals surface area contributed by atoms with Crippen molar-refractivity contribution in [3.63, 3.8) is 0 Å². The summed E-state index contributed by atoms with van der Waals surface area (Å²) in [5.41, 5.74) is 1.39. The van der Waals surface area contributed by atoms with E-state index in [0.717, 1.165) is 11.3 Å². The Balaban J connectivity index is 1.64. The summed E-state index contributed by atoms with van der Waals surface area (Å²) >= 11 is 5.94. The van der Waals surface area contributed by atoms with E-state index in [1.54, 1.807) is 49.6 Å². The lowest BCUT2D eigenvalue weighted by Gasteiger charge is -2.04. The predicted octanol–water partition coefficient (Wildman–Crippen LogP) is 3.58. The Kier molecular flexibility index (Phi) is 4.77. The van der Waals surface area contributed by atoms with Crippen LogP contribution in [-0.2, 0) is 11.2 Å². The molecule has 7 heteroatoms. The minimum Gasteiger partial charge on any atom is -0.497 e. The molecule has 0 unspecified atom stereocenters. The average Bonchev–Trinajstić information content (AvgIpc) is 3.04. The normalized spacial score (nSPS) is 10.4. The van der Waals surface area contributed by atoms with E-state index in [9.17, 15) is 4.79 Å². The number of halogens is 1. The van der Waals surface area contributed by atoms with Crippen molar-refractivity contribution in [2.45, 2.75) is 6.42 Å². The van der Waals surface area contributed by atoms with Crippen molar-refractivity contribution in [3.8, 4) is 17.1 Å². The summed E-state index contributed by atoms with van der Waals surface area (Å²) in [6.07, 6.45) is -0.0143. The number of hydrogen-bond donors (Lipinski definition) is 1. The van der Waals surface area contributed by atoms with E-state index in [2.05, 4.69) is 15.5 Å². The third-order valence-corrected chi connectivity index (χ3v) is 3.47. The van der Waals surface area contributed by atoms with Gasteiger partial charge in [-0.2, -0.15) is 4.98 Å². The predicted molar refractivity (Wildman–Crippen MR) is 90.1 cm³/mol. The van der Waals surface area contributed by atoms with Gasteiger partial charge in [-0.1, -0.05) is 28.9 Å². The standard InChI is InChI=1S/C17H14ClN3O3/c1-23-14-7-5-13(6-8-14)19-15(22)10-16-20-17(21-24-16)11-3-2-4-12(18)9-11/h2-9H,10H2,1H3,(H,19,22). The molecule has 122 valence electrons. The second kappa shape index (κ2) is 7.14. The molecule has 0 aliphatic carbocycles. The highest BCUT2D eigenvalue weighted by Gasteiger charge is 2.13. The zero-order chi connectivity index (χ0) is 16.9. The number of methoxy groups -OCH3 is 1.